The van der Waals surface area contributed by atoms with Gasteiger partial charge in [-0.05, 0) is 17.5 Å². The van der Waals surface area contributed by atoms with E-state index in [1.807, 2.05) is 17.5 Å². The van der Waals surface area contributed by atoms with Gasteiger partial charge in [0.2, 0.25) is 10.0 Å². The SMILES string of the molecule is CCN(Cc1cccs1)S(=O)(=O)c1cnc(NN)c(Cl)c1. The van der Waals surface area contributed by atoms with Crippen molar-refractivity contribution in [2.45, 2.75) is 18.4 Å². The van der Waals surface area contributed by atoms with Crippen molar-refractivity contribution in [3.05, 3.63) is 39.7 Å². The lowest BCUT2D eigenvalue weighted by atomic mass is 10.4. The summed E-state index contributed by atoms with van der Waals surface area (Å²) in [5, 5.41) is 2.07. The van der Waals surface area contributed by atoms with Crippen molar-refractivity contribution in [1.29, 1.82) is 0 Å². The molecule has 0 bridgehead atoms. The van der Waals surface area contributed by atoms with Gasteiger partial charge in [-0.2, -0.15) is 4.31 Å². The van der Waals surface area contributed by atoms with Crippen LogP contribution in [0.15, 0.2) is 34.7 Å². The summed E-state index contributed by atoms with van der Waals surface area (Å²) in [5.74, 6) is 5.46. The molecule has 2 heterocycles. The third-order valence-corrected chi connectivity index (χ3v) is 5.89. The summed E-state index contributed by atoms with van der Waals surface area (Å²) in [6.07, 6.45) is 1.24. The highest BCUT2D eigenvalue weighted by molar-refractivity contribution is 7.89. The molecule has 0 saturated carbocycles. The number of nitrogens with zero attached hydrogens (tertiary/aromatic N) is 2. The zero-order chi connectivity index (χ0) is 15.5. The fourth-order valence-electron chi connectivity index (χ4n) is 1.76. The molecule has 0 atom stereocenters. The first-order valence-electron chi connectivity index (χ1n) is 6.13. The predicted molar refractivity (Wildman–Crippen MR) is 84.6 cm³/mol. The number of hydrogen-bond donors (Lipinski definition) is 2. The van der Waals surface area contributed by atoms with Gasteiger partial charge >= 0.3 is 0 Å². The van der Waals surface area contributed by atoms with Gasteiger partial charge < -0.3 is 5.43 Å². The number of nitrogens with one attached hydrogen (secondary N) is 1. The molecular weight excluding hydrogens is 332 g/mol. The second-order valence-electron chi connectivity index (χ2n) is 4.16. The van der Waals surface area contributed by atoms with Crippen LogP contribution >= 0.6 is 22.9 Å². The van der Waals surface area contributed by atoms with Crippen LogP contribution in [0, 0.1) is 0 Å². The van der Waals surface area contributed by atoms with Gasteiger partial charge in [0.1, 0.15) is 4.90 Å². The van der Waals surface area contributed by atoms with Crippen molar-refractivity contribution < 1.29 is 8.42 Å². The number of halogens is 1. The van der Waals surface area contributed by atoms with E-state index in [4.69, 9.17) is 17.4 Å². The minimum Gasteiger partial charge on any atom is -0.307 e. The largest absolute Gasteiger partial charge is 0.307 e. The smallest absolute Gasteiger partial charge is 0.244 e. The van der Waals surface area contributed by atoms with E-state index < -0.39 is 10.0 Å². The van der Waals surface area contributed by atoms with Gasteiger partial charge in [0.25, 0.3) is 0 Å². The minimum absolute atomic E-state index is 0.0462. The lowest BCUT2D eigenvalue weighted by Crippen LogP contribution is -2.30. The van der Waals surface area contributed by atoms with E-state index in [2.05, 4.69) is 10.4 Å². The molecule has 0 amide bonds. The van der Waals surface area contributed by atoms with Crippen LogP contribution in [-0.2, 0) is 16.6 Å². The Morgan fingerprint density at radius 3 is 2.81 bits per heavy atom. The maximum absolute atomic E-state index is 12.6. The summed E-state index contributed by atoms with van der Waals surface area (Å²) in [4.78, 5) is 4.92. The third kappa shape index (κ3) is 3.53. The monoisotopic (exact) mass is 346 g/mol. The standard InChI is InChI=1S/C12H15ClN4O2S2/c1-2-17(8-9-4-3-5-20-9)21(18,19)10-6-11(13)12(16-14)15-7-10/h3-7H,2,8,14H2,1H3,(H,15,16). The Hall–Kier alpha value is -1.19. The third-order valence-electron chi connectivity index (χ3n) is 2.86. The van der Waals surface area contributed by atoms with Gasteiger partial charge in [-0.15, -0.1) is 11.3 Å². The van der Waals surface area contributed by atoms with Gasteiger partial charge in [-0.3, -0.25) is 0 Å². The molecule has 21 heavy (non-hydrogen) atoms. The number of nitrogen functional groups attached to an aromatic ring is 1. The number of aromatic nitrogens is 1. The summed E-state index contributed by atoms with van der Waals surface area (Å²) < 4.78 is 26.6. The summed E-state index contributed by atoms with van der Waals surface area (Å²) in [6, 6.07) is 5.13. The van der Waals surface area contributed by atoms with Crippen molar-refractivity contribution in [2.24, 2.45) is 5.84 Å². The number of rotatable bonds is 6. The van der Waals surface area contributed by atoms with E-state index in [9.17, 15) is 8.42 Å². The highest BCUT2D eigenvalue weighted by atomic mass is 35.5. The molecule has 0 aromatic carbocycles. The average molecular weight is 347 g/mol. The normalized spacial score (nSPS) is 11.8. The maximum Gasteiger partial charge on any atom is 0.244 e. The Balaban J connectivity index is 2.32. The van der Waals surface area contributed by atoms with Crippen molar-refractivity contribution in [1.82, 2.24) is 9.29 Å². The Labute approximate surface area is 132 Å². The average Bonchev–Trinajstić information content (AvgIpc) is 2.97. The van der Waals surface area contributed by atoms with Crippen LogP contribution < -0.4 is 11.3 Å². The lowest BCUT2D eigenvalue weighted by molar-refractivity contribution is 0.426. The number of thiophene rings is 1. The van der Waals surface area contributed by atoms with Gasteiger partial charge in [0, 0.05) is 24.2 Å². The van der Waals surface area contributed by atoms with E-state index in [1.54, 1.807) is 6.92 Å². The number of anilines is 1. The zero-order valence-corrected chi connectivity index (χ0v) is 13.7. The molecule has 6 nitrogen and oxygen atoms in total. The lowest BCUT2D eigenvalue weighted by Gasteiger charge is -2.20. The molecule has 0 fully saturated rings. The van der Waals surface area contributed by atoms with Crippen LogP contribution in [0.3, 0.4) is 0 Å². The van der Waals surface area contributed by atoms with Crippen molar-refractivity contribution >= 4 is 38.8 Å². The number of pyridine rings is 1. The quantitative estimate of drug-likeness (QED) is 0.619. The topological polar surface area (TPSA) is 88.3 Å². The van der Waals surface area contributed by atoms with Crippen LogP contribution in [0.1, 0.15) is 11.8 Å². The van der Waals surface area contributed by atoms with E-state index in [1.165, 1.54) is 27.9 Å². The first kappa shape index (κ1) is 16.2. The molecule has 114 valence electrons. The number of nitrogens with two attached hydrogens (primary N) is 1. The van der Waals surface area contributed by atoms with Gasteiger partial charge in [-0.1, -0.05) is 24.6 Å². The molecule has 2 rings (SSSR count). The first-order chi connectivity index (χ1) is 9.98. The van der Waals surface area contributed by atoms with Crippen molar-refractivity contribution in [3.8, 4) is 0 Å². The first-order valence-corrected chi connectivity index (χ1v) is 8.83. The Kier molecular flexibility index (Phi) is 5.17. The summed E-state index contributed by atoms with van der Waals surface area (Å²) in [5.41, 5.74) is 2.30. The Morgan fingerprint density at radius 1 is 1.52 bits per heavy atom. The number of hydrazine groups is 1. The fourth-order valence-corrected chi connectivity index (χ4v) is 4.25. The van der Waals surface area contributed by atoms with Crippen LogP contribution in [0.4, 0.5) is 5.82 Å². The maximum atomic E-state index is 12.6. The summed E-state index contributed by atoms with van der Waals surface area (Å²) in [7, 11) is -3.65. The molecular formula is C12H15ClN4O2S2. The van der Waals surface area contributed by atoms with E-state index in [-0.39, 0.29) is 15.7 Å². The Morgan fingerprint density at radius 2 is 2.29 bits per heavy atom. The molecule has 0 aliphatic carbocycles. The van der Waals surface area contributed by atoms with Crippen LogP contribution in [0.25, 0.3) is 0 Å². The highest BCUT2D eigenvalue weighted by Gasteiger charge is 2.24. The fraction of sp³-hybridized carbons (Fsp3) is 0.250. The second kappa shape index (κ2) is 6.71. The molecule has 2 aromatic rings. The molecule has 0 radical (unpaired) electrons. The molecule has 0 aliphatic heterocycles. The number of hydrogen-bond acceptors (Lipinski definition) is 6. The molecule has 3 N–H and O–H groups in total. The summed E-state index contributed by atoms with van der Waals surface area (Å²) in [6.45, 7) is 2.47. The van der Waals surface area contributed by atoms with Crippen molar-refractivity contribution in [3.63, 3.8) is 0 Å². The minimum atomic E-state index is -3.65. The summed E-state index contributed by atoms with van der Waals surface area (Å²) >= 11 is 7.45. The van der Waals surface area contributed by atoms with Gasteiger partial charge in [0.15, 0.2) is 5.82 Å². The molecule has 0 saturated heterocycles. The number of sulfonamides is 1. The molecule has 0 unspecified atom stereocenters. The van der Waals surface area contributed by atoms with E-state index in [0.29, 0.717) is 13.1 Å². The van der Waals surface area contributed by atoms with Gasteiger partial charge in [0.05, 0.1) is 5.02 Å². The van der Waals surface area contributed by atoms with Crippen molar-refractivity contribution in [2.75, 3.05) is 12.0 Å². The van der Waals surface area contributed by atoms with Crippen LogP contribution in [0.2, 0.25) is 5.02 Å². The molecule has 0 aliphatic rings. The predicted octanol–water partition coefficient (Wildman–Crippen LogP) is 2.29. The Bertz CT molecular complexity index is 704. The molecule has 0 spiro atoms. The molecule has 2 aromatic heterocycles. The van der Waals surface area contributed by atoms with E-state index >= 15 is 0 Å². The van der Waals surface area contributed by atoms with Crippen LogP contribution in [-0.4, -0.2) is 24.3 Å². The zero-order valence-electron chi connectivity index (χ0n) is 11.3. The second-order valence-corrected chi connectivity index (χ2v) is 7.53. The van der Waals surface area contributed by atoms with Crippen LogP contribution in [0.5, 0.6) is 0 Å². The highest BCUT2D eigenvalue weighted by Crippen LogP contribution is 2.25. The van der Waals surface area contributed by atoms with Gasteiger partial charge in [-0.25, -0.2) is 19.2 Å². The van der Waals surface area contributed by atoms with E-state index in [0.717, 1.165) is 4.88 Å². The molecule has 9 heteroatoms.